The fraction of sp³-hybridized carbons (Fsp3) is 0.389. The molecule has 8 nitrogen and oxygen atoms in total. The molecule has 26 heavy (non-hydrogen) atoms. The van der Waals surface area contributed by atoms with Crippen LogP contribution in [0.1, 0.15) is 22.6 Å². The zero-order valence-corrected chi connectivity index (χ0v) is 14.9. The van der Waals surface area contributed by atoms with Crippen molar-refractivity contribution >= 4 is 5.91 Å². The average molecular weight is 351 g/mol. The maximum atomic E-state index is 12.5. The number of imidazole rings is 1. The van der Waals surface area contributed by atoms with E-state index in [1.807, 2.05) is 36.0 Å². The van der Waals surface area contributed by atoms with Gasteiger partial charge in [0.25, 0.3) is 5.91 Å². The van der Waals surface area contributed by atoms with Gasteiger partial charge in [0.05, 0.1) is 11.9 Å². The van der Waals surface area contributed by atoms with E-state index in [0.717, 1.165) is 43.1 Å². The third-order valence-corrected chi connectivity index (χ3v) is 4.76. The van der Waals surface area contributed by atoms with Crippen molar-refractivity contribution in [1.29, 1.82) is 0 Å². The van der Waals surface area contributed by atoms with Crippen LogP contribution >= 0.6 is 0 Å². The van der Waals surface area contributed by atoms with Crippen molar-refractivity contribution in [3.63, 3.8) is 0 Å². The molecule has 8 heteroatoms. The highest BCUT2D eigenvalue weighted by Gasteiger charge is 2.28. The fourth-order valence-electron chi connectivity index (χ4n) is 3.36. The van der Waals surface area contributed by atoms with Gasteiger partial charge in [-0.3, -0.25) is 14.5 Å². The van der Waals surface area contributed by atoms with E-state index < -0.39 is 0 Å². The Morgan fingerprint density at radius 3 is 2.73 bits per heavy atom. The number of carbonyl (C=O) groups is 1. The van der Waals surface area contributed by atoms with Crippen LogP contribution in [-0.4, -0.2) is 53.2 Å². The summed E-state index contributed by atoms with van der Waals surface area (Å²) < 4.78 is 3.57. The number of aryl methyl sites for hydroxylation is 2. The van der Waals surface area contributed by atoms with Crippen LogP contribution in [0.2, 0.25) is 0 Å². The molecule has 0 unspecified atom stereocenters. The molecular formula is C18H21N7O. The predicted molar refractivity (Wildman–Crippen MR) is 95.2 cm³/mol. The van der Waals surface area contributed by atoms with Gasteiger partial charge in [-0.25, -0.2) is 9.97 Å². The Labute approximate surface area is 151 Å². The number of hydrogen-bond donors (Lipinski definition) is 0. The summed E-state index contributed by atoms with van der Waals surface area (Å²) in [4.78, 5) is 27.7. The summed E-state index contributed by atoms with van der Waals surface area (Å²) in [6, 6.07) is 1.76. The third kappa shape index (κ3) is 3.22. The van der Waals surface area contributed by atoms with Crippen LogP contribution in [0, 0.1) is 5.92 Å². The minimum Gasteiger partial charge on any atom is -0.337 e. The topological polar surface area (TPSA) is 81.7 Å². The molecule has 1 aliphatic heterocycles. The van der Waals surface area contributed by atoms with Crippen molar-refractivity contribution in [1.82, 2.24) is 34.2 Å². The van der Waals surface area contributed by atoms with Gasteiger partial charge in [-0.15, -0.1) is 0 Å². The highest BCUT2D eigenvalue weighted by molar-refractivity contribution is 5.92. The Morgan fingerprint density at radius 2 is 2.08 bits per heavy atom. The van der Waals surface area contributed by atoms with Gasteiger partial charge in [-0.1, -0.05) is 0 Å². The van der Waals surface area contributed by atoms with Gasteiger partial charge in [-0.05, 0) is 24.8 Å². The molecule has 0 saturated carbocycles. The van der Waals surface area contributed by atoms with E-state index >= 15 is 0 Å². The first-order valence-corrected chi connectivity index (χ1v) is 8.67. The molecule has 0 spiro atoms. The molecule has 134 valence electrons. The molecule has 0 aliphatic carbocycles. The zero-order chi connectivity index (χ0) is 18.1. The number of likely N-dealkylation sites (tertiary alicyclic amines) is 1. The van der Waals surface area contributed by atoms with Gasteiger partial charge in [0.15, 0.2) is 5.82 Å². The van der Waals surface area contributed by atoms with Crippen molar-refractivity contribution in [3.8, 4) is 11.5 Å². The molecule has 1 saturated heterocycles. The smallest absolute Gasteiger partial charge is 0.274 e. The van der Waals surface area contributed by atoms with Crippen LogP contribution < -0.4 is 0 Å². The second kappa shape index (κ2) is 6.70. The number of rotatable bonds is 4. The summed E-state index contributed by atoms with van der Waals surface area (Å²) in [7, 11) is 3.75. The third-order valence-electron chi connectivity index (χ3n) is 4.76. The average Bonchev–Trinajstić information content (AvgIpc) is 3.37. The van der Waals surface area contributed by atoms with Crippen LogP contribution in [0.5, 0.6) is 0 Å². The Balaban J connectivity index is 1.38. The highest BCUT2D eigenvalue weighted by atomic mass is 16.2. The Kier molecular flexibility index (Phi) is 4.24. The quantitative estimate of drug-likeness (QED) is 0.708. The molecule has 0 bridgehead atoms. The molecule has 1 fully saturated rings. The van der Waals surface area contributed by atoms with E-state index in [-0.39, 0.29) is 5.91 Å². The van der Waals surface area contributed by atoms with Crippen LogP contribution in [-0.2, 0) is 20.5 Å². The van der Waals surface area contributed by atoms with Crippen LogP contribution in [0.25, 0.3) is 11.5 Å². The number of hydrogen-bond acceptors (Lipinski definition) is 5. The van der Waals surface area contributed by atoms with E-state index in [4.69, 9.17) is 0 Å². The van der Waals surface area contributed by atoms with E-state index in [2.05, 4.69) is 20.1 Å². The highest BCUT2D eigenvalue weighted by Crippen LogP contribution is 2.22. The van der Waals surface area contributed by atoms with Gasteiger partial charge in [-0.2, -0.15) is 5.10 Å². The summed E-state index contributed by atoms with van der Waals surface area (Å²) in [6.07, 6.45) is 10.8. The maximum Gasteiger partial charge on any atom is 0.274 e. The van der Waals surface area contributed by atoms with Gasteiger partial charge < -0.3 is 9.47 Å². The zero-order valence-electron chi connectivity index (χ0n) is 14.9. The number of aromatic nitrogens is 6. The molecule has 4 heterocycles. The van der Waals surface area contributed by atoms with Crippen LogP contribution in [0.4, 0.5) is 0 Å². The van der Waals surface area contributed by atoms with Gasteiger partial charge in [0.2, 0.25) is 0 Å². The largest absolute Gasteiger partial charge is 0.337 e. The summed E-state index contributed by atoms with van der Waals surface area (Å²) in [6.45, 7) is 1.50. The van der Waals surface area contributed by atoms with Gasteiger partial charge in [0, 0.05) is 52.0 Å². The lowest BCUT2D eigenvalue weighted by molar-refractivity contribution is 0.0780. The first-order valence-electron chi connectivity index (χ1n) is 8.67. The first kappa shape index (κ1) is 16.4. The molecule has 1 aliphatic rings. The van der Waals surface area contributed by atoms with Gasteiger partial charge >= 0.3 is 0 Å². The van der Waals surface area contributed by atoms with Crippen molar-refractivity contribution in [2.75, 3.05) is 13.1 Å². The standard InChI is InChI=1S/C18H21N7O/c1-23-8-5-19-17(23)16-11-20-14(10-21-16)9-13-3-7-25(12-13)18(26)15-4-6-24(2)22-15/h4-6,8,10-11,13H,3,7,9,12H2,1-2H3/t13-/m1/s1. The summed E-state index contributed by atoms with van der Waals surface area (Å²) in [5.41, 5.74) is 2.21. The number of nitrogens with zero attached hydrogens (tertiary/aromatic N) is 7. The molecule has 1 amide bonds. The van der Waals surface area contributed by atoms with Crippen molar-refractivity contribution in [3.05, 3.63) is 48.4 Å². The molecule has 3 aromatic rings. The second-order valence-electron chi connectivity index (χ2n) is 6.74. The van der Waals surface area contributed by atoms with Crippen molar-refractivity contribution in [2.45, 2.75) is 12.8 Å². The number of amides is 1. The fourth-order valence-corrected chi connectivity index (χ4v) is 3.36. The molecule has 1 atom stereocenters. The maximum absolute atomic E-state index is 12.5. The van der Waals surface area contributed by atoms with Crippen molar-refractivity contribution in [2.24, 2.45) is 20.0 Å². The molecule has 4 rings (SSSR count). The second-order valence-corrected chi connectivity index (χ2v) is 6.74. The monoisotopic (exact) mass is 351 g/mol. The molecule has 3 aromatic heterocycles. The Bertz CT molecular complexity index is 912. The lowest BCUT2D eigenvalue weighted by Gasteiger charge is -2.15. The molecule has 0 radical (unpaired) electrons. The Hall–Kier alpha value is -3.03. The minimum absolute atomic E-state index is 0.00399. The van der Waals surface area contributed by atoms with E-state index in [9.17, 15) is 4.79 Å². The SMILES string of the molecule is Cn1ccc(C(=O)N2CC[C@H](Cc3cnc(-c4nccn4C)cn3)C2)n1. The lowest BCUT2D eigenvalue weighted by atomic mass is 10.0. The van der Waals surface area contributed by atoms with Gasteiger partial charge in [0.1, 0.15) is 11.4 Å². The lowest BCUT2D eigenvalue weighted by Crippen LogP contribution is -2.29. The molecule has 0 N–H and O–H groups in total. The van der Waals surface area contributed by atoms with Crippen LogP contribution in [0.3, 0.4) is 0 Å². The predicted octanol–water partition coefficient (Wildman–Crippen LogP) is 1.32. The van der Waals surface area contributed by atoms with E-state index in [1.165, 1.54) is 0 Å². The summed E-state index contributed by atoms with van der Waals surface area (Å²) >= 11 is 0. The number of carbonyl (C=O) groups excluding carboxylic acids is 1. The molecular weight excluding hydrogens is 330 g/mol. The Morgan fingerprint density at radius 1 is 1.19 bits per heavy atom. The summed E-state index contributed by atoms with van der Waals surface area (Å²) in [5.74, 6) is 1.21. The van der Waals surface area contributed by atoms with E-state index in [0.29, 0.717) is 11.6 Å². The normalized spacial score (nSPS) is 17.0. The van der Waals surface area contributed by atoms with E-state index in [1.54, 1.807) is 29.3 Å². The molecule has 0 aromatic carbocycles. The van der Waals surface area contributed by atoms with Crippen molar-refractivity contribution < 1.29 is 4.79 Å². The summed E-state index contributed by atoms with van der Waals surface area (Å²) in [5, 5.41) is 4.20. The van der Waals surface area contributed by atoms with Crippen LogP contribution in [0.15, 0.2) is 37.1 Å². The minimum atomic E-state index is 0.00399. The first-order chi connectivity index (χ1) is 12.6.